The van der Waals surface area contributed by atoms with Crippen molar-refractivity contribution in [2.75, 3.05) is 6.61 Å². The zero-order valence-corrected chi connectivity index (χ0v) is 10.1. The fourth-order valence-electron chi connectivity index (χ4n) is 1.45. The second kappa shape index (κ2) is 6.12. The molecule has 0 saturated heterocycles. The van der Waals surface area contributed by atoms with Crippen LogP contribution in [0.5, 0.6) is 5.75 Å². The zero-order valence-electron chi connectivity index (χ0n) is 9.34. The highest BCUT2D eigenvalue weighted by atomic mass is 35.5. The zero-order chi connectivity index (χ0) is 11.9. The van der Waals surface area contributed by atoms with Gasteiger partial charge in [-0.05, 0) is 23.8 Å². The Hall–Kier alpha value is -1.73. The molecule has 0 fully saturated rings. The first-order valence-corrected chi connectivity index (χ1v) is 5.83. The SMILES string of the molecule is Clc1ccccc1OC/C=C/c1ccccc1. The van der Waals surface area contributed by atoms with Crippen LogP contribution in [0.4, 0.5) is 0 Å². The molecule has 0 heterocycles. The lowest BCUT2D eigenvalue weighted by atomic mass is 10.2. The van der Waals surface area contributed by atoms with E-state index in [1.807, 2.05) is 66.7 Å². The van der Waals surface area contributed by atoms with Gasteiger partial charge in [0.15, 0.2) is 0 Å². The Morgan fingerprint density at radius 1 is 0.941 bits per heavy atom. The van der Waals surface area contributed by atoms with Crippen LogP contribution in [0.1, 0.15) is 5.56 Å². The van der Waals surface area contributed by atoms with E-state index in [9.17, 15) is 0 Å². The first kappa shape index (κ1) is 11.7. The third-order valence-electron chi connectivity index (χ3n) is 2.28. The van der Waals surface area contributed by atoms with Gasteiger partial charge in [-0.15, -0.1) is 0 Å². The average Bonchev–Trinajstić information content (AvgIpc) is 2.38. The summed E-state index contributed by atoms with van der Waals surface area (Å²) in [6.45, 7) is 0.513. The van der Waals surface area contributed by atoms with Crippen molar-refractivity contribution in [3.8, 4) is 5.75 Å². The van der Waals surface area contributed by atoms with E-state index in [2.05, 4.69) is 0 Å². The molecule has 0 amide bonds. The lowest BCUT2D eigenvalue weighted by Gasteiger charge is -2.04. The number of halogens is 1. The molecule has 0 atom stereocenters. The van der Waals surface area contributed by atoms with Crippen molar-refractivity contribution in [3.63, 3.8) is 0 Å². The smallest absolute Gasteiger partial charge is 0.138 e. The standard InChI is InChI=1S/C15H13ClO/c16-14-10-4-5-11-15(14)17-12-6-9-13-7-2-1-3-8-13/h1-11H,12H2/b9-6+. The molecule has 0 saturated carbocycles. The third kappa shape index (κ3) is 3.65. The van der Waals surface area contributed by atoms with Crippen LogP contribution < -0.4 is 4.74 Å². The van der Waals surface area contributed by atoms with Crippen LogP contribution in [0.25, 0.3) is 6.08 Å². The third-order valence-corrected chi connectivity index (χ3v) is 2.59. The van der Waals surface area contributed by atoms with E-state index in [0.29, 0.717) is 17.4 Å². The van der Waals surface area contributed by atoms with Crippen LogP contribution in [0.2, 0.25) is 5.02 Å². The van der Waals surface area contributed by atoms with Crippen LogP contribution >= 0.6 is 11.6 Å². The molecule has 0 aliphatic rings. The minimum absolute atomic E-state index is 0.513. The molecule has 0 N–H and O–H groups in total. The minimum atomic E-state index is 0.513. The predicted molar refractivity (Wildman–Crippen MR) is 72.4 cm³/mol. The quantitative estimate of drug-likeness (QED) is 0.773. The normalized spacial score (nSPS) is 10.6. The monoisotopic (exact) mass is 244 g/mol. The molecule has 2 rings (SSSR count). The van der Waals surface area contributed by atoms with E-state index < -0.39 is 0 Å². The predicted octanol–water partition coefficient (Wildman–Crippen LogP) is 4.43. The van der Waals surface area contributed by atoms with E-state index in [1.54, 1.807) is 0 Å². The molecule has 86 valence electrons. The van der Waals surface area contributed by atoms with Crippen LogP contribution in [0.3, 0.4) is 0 Å². The highest BCUT2D eigenvalue weighted by molar-refractivity contribution is 6.32. The summed E-state index contributed by atoms with van der Waals surface area (Å²) in [6.07, 6.45) is 4.00. The van der Waals surface area contributed by atoms with Crippen molar-refractivity contribution in [1.82, 2.24) is 0 Å². The van der Waals surface area contributed by atoms with Gasteiger partial charge in [-0.3, -0.25) is 0 Å². The molecule has 17 heavy (non-hydrogen) atoms. The molecule has 0 unspecified atom stereocenters. The molecule has 0 aromatic heterocycles. The maximum Gasteiger partial charge on any atom is 0.138 e. The van der Waals surface area contributed by atoms with Gasteiger partial charge in [0.1, 0.15) is 12.4 Å². The Morgan fingerprint density at radius 2 is 1.65 bits per heavy atom. The summed E-state index contributed by atoms with van der Waals surface area (Å²) in [5, 5.41) is 0.639. The number of ether oxygens (including phenoxy) is 1. The molecule has 2 aromatic carbocycles. The number of benzene rings is 2. The van der Waals surface area contributed by atoms with E-state index >= 15 is 0 Å². The van der Waals surface area contributed by atoms with Crippen molar-refractivity contribution >= 4 is 17.7 Å². The Morgan fingerprint density at radius 3 is 2.41 bits per heavy atom. The maximum absolute atomic E-state index is 5.97. The Bertz CT molecular complexity index is 491. The largest absolute Gasteiger partial charge is 0.488 e. The Balaban J connectivity index is 1.88. The van der Waals surface area contributed by atoms with Crippen molar-refractivity contribution in [1.29, 1.82) is 0 Å². The summed E-state index contributed by atoms with van der Waals surface area (Å²) >= 11 is 5.97. The summed E-state index contributed by atoms with van der Waals surface area (Å²) in [5.74, 6) is 0.715. The summed E-state index contributed by atoms with van der Waals surface area (Å²) < 4.78 is 5.54. The van der Waals surface area contributed by atoms with E-state index in [1.165, 1.54) is 0 Å². The van der Waals surface area contributed by atoms with Gasteiger partial charge in [0, 0.05) is 0 Å². The van der Waals surface area contributed by atoms with Crippen LogP contribution in [-0.4, -0.2) is 6.61 Å². The fourth-order valence-corrected chi connectivity index (χ4v) is 1.64. The van der Waals surface area contributed by atoms with Crippen molar-refractivity contribution in [2.24, 2.45) is 0 Å². The topological polar surface area (TPSA) is 9.23 Å². The van der Waals surface area contributed by atoms with Crippen LogP contribution in [0, 0.1) is 0 Å². The van der Waals surface area contributed by atoms with Gasteiger partial charge < -0.3 is 4.74 Å². The highest BCUT2D eigenvalue weighted by Crippen LogP contribution is 2.22. The molecule has 0 spiro atoms. The van der Waals surface area contributed by atoms with Gasteiger partial charge in [-0.25, -0.2) is 0 Å². The molecule has 2 aromatic rings. The summed E-state index contributed by atoms with van der Waals surface area (Å²) in [5.41, 5.74) is 1.16. The number of hydrogen-bond donors (Lipinski definition) is 0. The van der Waals surface area contributed by atoms with E-state index in [-0.39, 0.29) is 0 Å². The van der Waals surface area contributed by atoms with Gasteiger partial charge in [-0.2, -0.15) is 0 Å². The van der Waals surface area contributed by atoms with E-state index in [4.69, 9.17) is 16.3 Å². The highest BCUT2D eigenvalue weighted by Gasteiger charge is 1.96. The molecule has 2 heteroatoms. The number of rotatable bonds is 4. The second-order valence-electron chi connectivity index (χ2n) is 3.55. The van der Waals surface area contributed by atoms with Crippen LogP contribution in [-0.2, 0) is 0 Å². The van der Waals surface area contributed by atoms with Crippen molar-refractivity contribution in [2.45, 2.75) is 0 Å². The van der Waals surface area contributed by atoms with Gasteiger partial charge in [-0.1, -0.05) is 60.1 Å². The minimum Gasteiger partial charge on any atom is -0.488 e. The first-order chi connectivity index (χ1) is 8.36. The molecule has 0 bridgehead atoms. The van der Waals surface area contributed by atoms with Crippen molar-refractivity contribution < 1.29 is 4.74 Å². The molecule has 0 aliphatic carbocycles. The number of hydrogen-bond acceptors (Lipinski definition) is 1. The molecular formula is C15H13ClO. The van der Waals surface area contributed by atoms with Crippen molar-refractivity contribution in [3.05, 3.63) is 71.3 Å². The Kier molecular flexibility index (Phi) is 4.23. The second-order valence-corrected chi connectivity index (χ2v) is 3.96. The molecule has 0 radical (unpaired) electrons. The van der Waals surface area contributed by atoms with E-state index in [0.717, 1.165) is 5.56 Å². The lowest BCUT2D eigenvalue weighted by Crippen LogP contribution is -1.93. The first-order valence-electron chi connectivity index (χ1n) is 5.45. The van der Waals surface area contributed by atoms with Gasteiger partial charge >= 0.3 is 0 Å². The fraction of sp³-hybridized carbons (Fsp3) is 0.0667. The Labute approximate surface area is 106 Å². The molecule has 0 aliphatic heterocycles. The summed E-state index contributed by atoms with van der Waals surface area (Å²) in [7, 11) is 0. The molecular weight excluding hydrogens is 232 g/mol. The molecule has 1 nitrogen and oxygen atoms in total. The summed E-state index contributed by atoms with van der Waals surface area (Å²) in [4.78, 5) is 0. The van der Waals surface area contributed by atoms with Crippen LogP contribution in [0.15, 0.2) is 60.7 Å². The lowest BCUT2D eigenvalue weighted by molar-refractivity contribution is 0.364. The average molecular weight is 245 g/mol. The van der Waals surface area contributed by atoms with Gasteiger partial charge in [0.05, 0.1) is 5.02 Å². The number of para-hydroxylation sites is 1. The van der Waals surface area contributed by atoms with Gasteiger partial charge in [0.2, 0.25) is 0 Å². The maximum atomic E-state index is 5.97. The summed E-state index contributed by atoms with van der Waals surface area (Å²) in [6, 6.07) is 17.6. The van der Waals surface area contributed by atoms with Gasteiger partial charge in [0.25, 0.3) is 0 Å².